The first-order chi connectivity index (χ1) is 9.99. The van der Waals surface area contributed by atoms with E-state index in [-0.39, 0.29) is 28.9 Å². The number of aromatic nitrogens is 2. The summed E-state index contributed by atoms with van der Waals surface area (Å²) >= 11 is 0. The lowest BCUT2D eigenvalue weighted by atomic mass is 10.1. The van der Waals surface area contributed by atoms with Gasteiger partial charge in [0.15, 0.2) is 0 Å². The molecule has 1 aliphatic heterocycles. The number of nitrogens with zero attached hydrogens (tertiary/aromatic N) is 1. The predicted octanol–water partition coefficient (Wildman–Crippen LogP) is 1.78. The third-order valence-corrected chi connectivity index (χ3v) is 3.60. The summed E-state index contributed by atoms with van der Waals surface area (Å²) in [6, 6.07) is 3.66. The molecule has 110 valence electrons. The molecule has 0 saturated carbocycles. The smallest absolute Gasteiger partial charge is 0.257 e. The number of fused-ring (bicyclic) bond motifs is 1. The molecular weight excluding hydrogens is 272 g/mol. The van der Waals surface area contributed by atoms with Gasteiger partial charge in [0.2, 0.25) is 5.88 Å². The van der Waals surface area contributed by atoms with E-state index in [1.807, 2.05) is 13.0 Å². The van der Waals surface area contributed by atoms with Crippen molar-refractivity contribution >= 4 is 0 Å². The number of hydrogen-bond donors (Lipinski definition) is 2. The van der Waals surface area contributed by atoms with Crippen LogP contribution in [0, 0.1) is 6.92 Å². The number of nitrogens with one attached hydrogen (secondary N) is 1. The molecule has 0 aliphatic carbocycles. The van der Waals surface area contributed by atoms with Crippen molar-refractivity contribution in [3.05, 3.63) is 33.6 Å². The van der Waals surface area contributed by atoms with Crippen molar-refractivity contribution in [3.63, 3.8) is 0 Å². The fourth-order valence-electron chi connectivity index (χ4n) is 2.44. The van der Waals surface area contributed by atoms with Gasteiger partial charge in [0.05, 0.1) is 18.2 Å². The number of benzene rings is 1. The lowest BCUT2D eigenvalue weighted by molar-refractivity contribution is 0.254. The first-order valence-corrected chi connectivity index (χ1v) is 6.67. The molecule has 6 heteroatoms. The van der Waals surface area contributed by atoms with Crippen molar-refractivity contribution in [2.24, 2.45) is 0 Å². The van der Waals surface area contributed by atoms with Crippen LogP contribution in [-0.2, 0) is 6.42 Å². The van der Waals surface area contributed by atoms with E-state index >= 15 is 0 Å². The fourth-order valence-corrected chi connectivity index (χ4v) is 2.44. The molecule has 1 aliphatic rings. The highest BCUT2D eigenvalue weighted by molar-refractivity contribution is 5.69. The van der Waals surface area contributed by atoms with Gasteiger partial charge in [0.25, 0.3) is 5.56 Å². The van der Waals surface area contributed by atoms with Gasteiger partial charge in [0.1, 0.15) is 23.4 Å². The average molecular weight is 288 g/mol. The Balaban J connectivity index is 2.19. The number of H-pyrrole nitrogens is 1. The van der Waals surface area contributed by atoms with E-state index < -0.39 is 0 Å². The van der Waals surface area contributed by atoms with E-state index in [9.17, 15) is 9.90 Å². The minimum Gasteiger partial charge on any atom is -0.496 e. The summed E-state index contributed by atoms with van der Waals surface area (Å²) in [6.45, 7) is 3.50. The van der Waals surface area contributed by atoms with Crippen LogP contribution in [0.2, 0.25) is 0 Å². The SMILES string of the molecule is COc1cc2c(cc1-c1nc(O)c(C)c(=O)[nH]1)OC(C)C2. The van der Waals surface area contributed by atoms with E-state index in [2.05, 4.69) is 9.97 Å². The number of rotatable bonds is 2. The van der Waals surface area contributed by atoms with Crippen molar-refractivity contribution in [1.29, 1.82) is 0 Å². The summed E-state index contributed by atoms with van der Waals surface area (Å²) in [4.78, 5) is 18.5. The molecule has 1 aromatic heterocycles. The van der Waals surface area contributed by atoms with Gasteiger partial charge in [-0.3, -0.25) is 4.79 Å². The maximum absolute atomic E-state index is 11.8. The largest absolute Gasteiger partial charge is 0.496 e. The number of hydrogen-bond acceptors (Lipinski definition) is 5. The van der Waals surface area contributed by atoms with E-state index in [1.54, 1.807) is 13.2 Å². The van der Waals surface area contributed by atoms with Gasteiger partial charge in [-0.25, -0.2) is 0 Å². The number of aromatic amines is 1. The summed E-state index contributed by atoms with van der Waals surface area (Å²) < 4.78 is 11.1. The molecular formula is C15H16N2O4. The molecule has 0 fully saturated rings. The standard InChI is InChI=1S/C15H16N2O4/c1-7-4-9-5-12(20-3)10(6-11(9)21-7)13-16-14(18)8(2)15(19)17-13/h5-7H,4H2,1-3H3,(H2,16,17,18,19). The van der Waals surface area contributed by atoms with Crippen molar-refractivity contribution in [3.8, 4) is 28.8 Å². The minimum absolute atomic E-state index is 0.110. The number of ether oxygens (including phenoxy) is 2. The van der Waals surface area contributed by atoms with Gasteiger partial charge in [-0.1, -0.05) is 0 Å². The van der Waals surface area contributed by atoms with Crippen LogP contribution < -0.4 is 15.0 Å². The molecule has 1 atom stereocenters. The Hall–Kier alpha value is -2.50. The fraction of sp³-hybridized carbons (Fsp3) is 0.333. The zero-order chi connectivity index (χ0) is 15.1. The Kier molecular flexibility index (Phi) is 3.08. The van der Waals surface area contributed by atoms with Gasteiger partial charge < -0.3 is 19.6 Å². The second-order valence-corrected chi connectivity index (χ2v) is 5.16. The van der Waals surface area contributed by atoms with Crippen LogP contribution in [0.4, 0.5) is 0 Å². The lowest BCUT2D eigenvalue weighted by Crippen LogP contribution is -2.12. The quantitative estimate of drug-likeness (QED) is 0.880. The second kappa shape index (κ2) is 4.80. The molecule has 3 rings (SSSR count). The molecule has 0 bridgehead atoms. The van der Waals surface area contributed by atoms with Gasteiger partial charge in [-0.15, -0.1) is 0 Å². The van der Waals surface area contributed by atoms with Gasteiger partial charge in [-0.2, -0.15) is 4.98 Å². The van der Waals surface area contributed by atoms with Crippen molar-refractivity contribution in [2.75, 3.05) is 7.11 Å². The average Bonchev–Trinajstić information content (AvgIpc) is 2.81. The third kappa shape index (κ3) is 2.22. The van der Waals surface area contributed by atoms with Crippen LogP contribution in [-0.4, -0.2) is 28.3 Å². The van der Waals surface area contributed by atoms with Crippen LogP contribution in [0.5, 0.6) is 17.4 Å². The molecule has 0 saturated heterocycles. The molecule has 21 heavy (non-hydrogen) atoms. The first kappa shape index (κ1) is 13.5. The van der Waals surface area contributed by atoms with E-state index in [4.69, 9.17) is 9.47 Å². The minimum atomic E-state index is -0.380. The van der Waals surface area contributed by atoms with E-state index in [0.29, 0.717) is 11.3 Å². The highest BCUT2D eigenvalue weighted by Crippen LogP contribution is 2.38. The highest BCUT2D eigenvalue weighted by Gasteiger charge is 2.23. The Morgan fingerprint density at radius 3 is 2.90 bits per heavy atom. The second-order valence-electron chi connectivity index (χ2n) is 5.16. The van der Waals surface area contributed by atoms with Crippen molar-refractivity contribution < 1.29 is 14.6 Å². The van der Waals surface area contributed by atoms with Crippen LogP contribution >= 0.6 is 0 Å². The van der Waals surface area contributed by atoms with E-state index in [1.165, 1.54) is 6.92 Å². The summed E-state index contributed by atoms with van der Waals surface area (Å²) in [6.07, 6.45) is 0.924. The highest BCUT2D eigenvalue weighted by atomic mass is 16.5. The Bertz CT molecular complexity index is 767. The molecule has 1 aromatic carbocycles. The normalized spacial score (nSPS) is 16.4. The molecule has 0 spiro atoms. The van der Waals surface area contributed by atoms with Gasteiger partial charge in [0, 0.05) is 12.0 Å². The summed E-state index contributed by atoms with van der Waals surface area (Å²) in [5.41, 5.74) is 1.44. The lowest BCUT2D eigenvalue weighted by Gasteiger charge is -2.11. The predicted molar refractivity (Wildman–Crippen MR) is 77.0 cm³/mol. The molecule has 0 radical (unpaired) electrons. The molecule has 6 nitrogen and oxygen atoms in total. The number of methoxy groups -OCH3 is 1. The Morgan fingerprint density at radius 1 is 1.48 bits per heavy atom. The molecule has 1 unspecified atom stereocenters. The molecule has 2 N–H and O–H groups in total. The topological polar surface area (TPSA) is 84.4 Å². The van der Waals surface area contributed by atoms with Crippen molar-refractivity contribution in [1.82, 2.24) is 9.97 Å². The van der Waals surface area contributed by atoms with Gasteiger partial charge in [-0.05, 0) is 26.0 Å². The Morgan fingerprint density at radius 2 is 2.24 bits per heavy atom. The number of aromatic hydroxyl groups is 1. The van der Waals surface area contributed by atoms with Crippen molar-refractivity contribution in [2.45, 2.75) is 26.4 Å². The maximum Gasteiger partial charge on any atom is 0.257 e. The van der Waals surface area contributed by atoms with Crippen LogP contribution in [0.15, 0.2) is 16.9 Å². The molecule has 2 aromatic rings. The summed E-state index contributed by atoms with van der Waals surface area (Å²) in [7, 11) is 1.55. The van der Waals surface area contributed by atoms with E-state index in [0.717, 1.165) is 17.7 Å². The zero-order valence-electron chi connectivity index (χ0n) is 12.1. The van der Waals surface area contributed by atoms with Gasteiger partial charge >= 0.3 is 0 Å². The summed E-state index contributed by atoms with van der Waals surface area (Å²) in [5.74, 6) is 1.30. The van der Waals surface area contributed by atoms with Crippen LogP contribution in [0.1, 0.15) is 18.1 Å². The Labute approximate surface area is 121 Å². The molecule has 0 amide bonds. The van der Waals surface area contributed by atoms with Crippen LogP contribution in [0.3, 0.4) is 0 Å². The zero-order valence-corrected chi connectivity index (χ0v) is 12.1. The summed E-state index contributed by atoms with van der Waals surface area (Å²) in [5, 5.41) is 9.74. The maximum atomic E-state index is 11.8. The third-order valence-electron chi connectivity index (χ3n) is 3.60. The monoisotopic (exact) mass is 288 g/mol. The molecule has 2 heterocycles. The van der Waals surface area contributed by atoms with Crippen LogP contribution in [0.25, 0.3) is 11.4 Å². The first-order valence-electron chi connectivity index (χ1n) is 6.67.